The van der Waals surface area contributed by atoms with Crippen LogP contribution in [0.15, 0.2) is 36.0 Å². The molecule has 0 unspecified atom stereocenters. The summed E-state index contributed by atoms with van der Waals surface area (Å²) in [6.45, 7) is 6.02. The SMILES string of the molecule is COC(=O)c1ccccc1NC(=O)N/C=C(\C)C(C)C. The average Bonchev–Trinajstić information content (AvgIpc) is 2.44. The van der Waals surface area contributed by atoms with Crippen LogP contribution in [0.5, 0.6) is 0 Å². The summed E-state index contributed by atoms with van der Waals surface area (Å²) in [7, 11) is 1.30. The summed E-state index contributed by atoms with van der Waals surface area (Å²) < 4.78 is 4.67. The predicted octanol–water partition coefficient (Wildman–Crippen LogP) is 3.15. The molecule has 5 heteroatoms. The maximum Gasteiger partial charge on any atom is 0.339 e. The average molecular weight is 276 g/mol. The van der Waals surface area contributed by atoms with E-state index in [4.69, 9.17) is 0 Å². The van der Waals surface area contributed by atoms with Crippen molar-refractivity contribution in [2.75, 3.05) is 12.4 Å². The lowest BCUT2D eigenvalue weighted by Gasteiger charge is -2.10. The van der Waals surface area contributed by atoms with Crippen molar-refractivity contribution >= 4 is 17.7 Å². The molecular weight excluding hydrogens is 256 g/mol. The predicted molar refractivity (Wildman–Crippen MR) is 78.5 cm³/mol. The van der Waals surface area contributed by atoms with E-state index in [0.29, 0.717) is 17.2 Å². The van der Waals surface area contributed by atoms with E-state index in [0.717, 1.165) is 5.57 Å². The summed E-state index contributed by atoms with van der Waals surface area (Å²) in [5.74, 6) is -0.132. The molecule has 0 spiro atoms. The van der Waals surface area contributed by atoms with Gasteiger partial charge < -0.3 is 15.4 Å². The Hall–Kier alpha value is -2.30. The van der Waals surface area contributed by atoms with Crippen molar-refractivity contribution in [3.05, 3.63) is 41.6 Å². The Morgan fingerprint density at radius 2 is 1.90 bits per heavy atom. The van der Waals surface area contributed by atoms with Crippen LogP contribution in [-0.4, -0.2) is 19.1 Å². The third-order valence-electron chi connectivity index (χ3n) is 2.92. The van der Waals surface area contributed by atoms with Gasteiger partial charge >= 0.3 is 12.0 Å². The molecule has 0 aliphatic carbocycles. The lowest BCUT2D eigenvalue weighted by molar-refractivity contribution is 0.0602. The van der Waals surface area contributed by atoms with Gasteiger partial charge in [-0.2, -0.15) is 0 Å². The number of para-hydroxylation sites is 1. The van der Waals surface area contributed by atoms with Crippen molar-refractivity contribution in [2.45, 2.75) is 20.8 Å². The zero-order valence-corrected chi connectivity index (χ0v) is 12.2. The van der Waals surface area contributed by atoms with Crippen LogP contribution in [-0.2, 0) is 4.74 Å². The number of urea groups is 1. The Morgan fingerprint density at radius 3 is 2.50 bits per heavy atom. The first-order valence-corrected chi connectivity index (χ1v) is 6.37. The summed E-state index contributed by atoms with van der Waals surface area (Å²) in [4.78, 5) is 23.3. The zero-order valence-electron chi connectivity index (χ0n) is 12.2. The second-order valence-corrected chi connectivity index (χ2v) is 4.68. The number of ether oxygens (including phenoxy) is 1. The molecule has 0 heterocycles. The number of carbonyl (C=O) groups is 2. The molecule has 0 saturated carbocycles. The van der Waals surface area contributed by atoms with Gasteiger partial charge in [-0.3, -0.25) is 0 Å². The second-order valence-electron chi connectivity index (χ2n) is 4.68. The third kappa shape index (κ3) is 4.42. The fourth-order valence-corrected chi connectivity index (χ4v) is 1.38. The van der Waals surface area contributed by atoms with Crippen LogP contribution >= 0.6 is 0 Å². The molecular formula is C15H20N2O3. The highest BCUT2D eigenvalue weighted by molar-refractivity contribution is 6.00. The Balaban J connectivity index is 2.76. The highest BCUT2D eigenvalue weighted by atomic mass is 16.5. The van der Waals surface area contributed by atoms with E-state index in [1.807, 2.05) is 20.8 Å². The van der Waals surface area contributed by atoms with Crippen molar-refractivity contribution in [2.24, 2.45) is 5.92 Å². The molecule has 0 fully saturated rings. The number of carbonyl (C=O) groups excluding carboxylic acids is 2. The number of amides is 2. The molecule has 0 aromatic heterocycles. The fraction of sp³-hybridized carbons (Fsp3) is 0.333. The van der Waals surface area contributed by atoms with Crippen molar-refractivity contribution in [1.29, 1.82) is 0 Å². The zero-order chi connectivity index (χ0) is 15.1. The molecule has 2 N–H and O–H groups in total. The molecule has 1 aromatic carbocycles. The van der Waals surface area contributed by atoms with E-state index in [1.54, 1.807) is 30.5 Å². The molecule has 1 rings (SSSR count). The van der Waals surface area contributed by atoms with Gasteiger partial charge in [0.15, 0.2) is 0 Å². The largest absolute Gasteiger partial charge is 0.465 e. The first-order chi connectivity index (χ1) is 9.45. The van der Waals surface area contributed by atoms with E-state index in [1.165, 1.54) is 7.11 Å². The Bertz CT molecular complexity index is 522. The summed E-state index contributed by atoms with van der Waals surface area (Å²) >= 11 is 0. The van der Waals surface area contributed by atoms with E-state index in [2.05, 4.69) is 15.4 Å². The van der Waals surface area contributed by atoms with Gasteiger partial charge in [-0.1, -0.05) is 31.6 Å². The summed E-state index contributed by atoms with van der Waals surface area (Å²) in [6, 6.07) is 6.28. The maximum absolute atomic E-state index is 11.8. The molecule has 108 valence electrons. The quantitative estimate of drug-likeness (QED) is 0.830. The first-order valence-electron chi connectivity index (χ1n) is 6.37. The van der Waals surface area contributed by atoms with E-state index >= 15 is 0 Å². The topological polar surface area (TPSA) is 67.4 Å². The van der Waals surface area contributed by atoms with Gasteiger partial charge in [0.1, 0.15) is 0 Å². The van der Waals surface area contributed by atoms with Crippen LogP contribution in [0.1, 0.15) is 31.1 Å². The number of methoxy groups -OCH3 is 1. The van der Waals surface area contributed by atoms with Crippen LogP contribution in [0.2, 0.25) is 0 Å². The normalized spacial score (nSPS) is 11.2. The van der Waals surface area contributed by atoms with E-state index < -0.39 is 12.0 Å². The van der Waals surface area contributed by atoms with Crippen LogP contribution in [0, 0.1) is 5.92 Å². The lowest BCUT2D eigenvalue weighted by atomic mass is 10.1. The molecule has 0 radical (unpaired) electrons. The van der Waals surface area contributed by atoms with Crippen LogP contribution in [0.25, 0.3) is 0 Å². The smallest absolute Gasteiger partial charge is 0.339 e. The number of nitrogens with one attached hydrogen (secondary N) is 2. The second kappa shape index (κ2) is 7.33. The number of allylic oxidation sites excluding steroid dienone is 1. The summed E-state index contributed by atoms with van der Waals surface area (Å²) in [5.41, 5.74) is 1.78. The molecule has 2 amide bonds. The number of hydrogen-bond acceptors (Lipinski definition) is 3. The van der Waals surface area contributed by atoms with Crippen LogP contribution in [0.4, 0.5) is 10.5 Å². The van der Waals surface area contributed by atoms with Crippen molar-refractivity contribution in [3.8, 4) is 0 Å². The van der Waals surface area contributed by atoms with E-state index in [-0.39, 0.29) is 0 Å². The molecule has 0 aliphatic rings. The molecule has 5 nitrogen and oxygen atoms in total. The molecule has 0 atom stereocenters. The van der Waals surface area contributed by atoms with E-state index in [9.17, 15) is 9.59 Å². The molecule has 1 aromatic rings. The highest BCUT2D eigenvalue weighted by Gasteiger charge is 2.12. The minimum absolute atomic E-state index is 0.315. The first kappa shape index (κ1) is 15.8. The Labute approximate surface area is 119 Å². The van der Waals surface area contributed by atoms with Gasteiger partial charge in [0, 0.05) is 6.20 Å². The monoisotopic (exact) mass is 276 g/mol. The minimum Gasteiger partial charge on any atom is -0.465 e. The summed E-state index contributed by atoms with van der Waals surface area (Å²) in [5, 5.41) is 5.26. The fourth-order valence-electron chi connectivity index (χ4n) is 1.38. The van der Waals surface area contributed by atoms with Crippen molar-refractivity contribution in [1.82, 2.24) is 5.32 Å². The highest BCUT2D eigenvalue weighted by Crippen LogP contribution is 2.15. The number of rotatable bonds is 4. The third-order valence-corrected chi connectivity index (χ3v) is 2.92. The number of esters is 1. The molecule has 0 bridgehead atoms. The number of hydrogen-bond donors (Lipinski definition) is 2. The molecule has 0 aliphatic heterocycles. The maximum atomic E-state index is 11.8. The Morgan fingerprint density at radius 1 is 1.25 bits per heavy atom. The standard InChI is InChI=1S/C15H20N2O3/c1-10(2)11(3)9-16-15(19)17-13-8-6-5-7-12(13)14(18)20-4/h5-10H,1-4H3,(H2,16,17,19)/b11-9+. The van der Waals surface area contributed by atoms with Crippen LogP contribution in [0.3, 0.4) is 0 Å². The van der Waals surface area contributed by atoms with Crippen LogP contribution < -0.4 is 10.6 Å². The van der Waals surface area contributed by atoms with Gasteiger partial charge in [-0.15, -0.1) is 0 Å². The van der Waals surface area contributed by atoms with Gasteiger partial charge in [-0.05, 0) is 25.0 Å². The van der Waals surface area contributed by atoms with Crippen molar-refractivity contribution in [3.63, 3.8) is 0 Å². The number of benzene rings is 1. The minimum atomic E-state index is -0.491. The molecule has 20 heavy (non-hydrogen) atoms. The molecule has 0 saturated heterocycles. The van der Waals surface area contributed by atoms with Gasteiger partial charge in [0.25, 0.3) is 0 Å². The van der Waals surface area contributed by atoms with Gasteiger partial charge in [0.2, 0.25) is 0 Å². The number of anilines is 1. The summed E-state index contributed by atoms with van der Waals surface area (Å²) in [6.07, 6.45) is 1.65. The lowest BCUT2D eigenvalue weighted by Crippen LogP contribution is -2.25. The van der Waals surface area contributed by atoms with Gasteiger partial charge in [-0.25, -0.2) is 9.59 Å². The van der Waals surface area contributed by atoms with Crippen molar-refractivity contribution < 1.29 is 14.3 Å². The Kier molecular flexibility index (Phi) is 5.77. The van der Waals surface area contributed by atoms with Gasteiger partial charge in [0.05, 0.1) is 18.4 Å².